The monoisotopic (exact) mass is 501 g/mol. The van der Waals surface area contributed by atoms with Crippen LogP contribution in [-0.2, 0) is 4.74 Å². The summed E-state index contributed by atoms with van der Waals surface area (Å²) in [6.07, 6.45) is 2.48. The van der Waals surface area contributed by atoms with Gasteiger partial charge in [-0.15, -0.1) is 0 Å². The number of hydrogen-bond donors (Lipinski definition) is 1. The van der Waals surface area contributed by atoms with Crippen LogP contribution in [0.15, 0.2) is 77.5 Å². The molecule has 0 atom stereocenters. The molecule has 0 saturated heterocycles. The molecule has 1 N–H and O–H groups in total. The van der Waals surface area contributed by atoms with E-state index in [-0.39, 0.29) is 38.0 Å². The maximum absolute atomic E-state index is 12.9. The first kappa shape index (κ1) is 23.2. The number of nitrogens with one attached hydrogen (secondary N) is 1. The van der Waals surface area contributed by atoms with Crippen molar-refractivity contribution in [1.29, 1.82) is 0 Å². The number of para-hydroxylation sites is 1. The number of halogens is 2. The summed E-state index contributed by atoms with van der Waals surface area (Å²) < 4.78 is 24.4. The number of ether oxygens (including phenoxy) is 2. The fourth-order valence-corrected chi connectivity index (χ4v) is 3.12. The van der Waals surface area contributed by atoms with Crippen LogP contribution in [0, 0.1) is 5.82 Å². The number of benzene rings is 2. The number of pyridine rings is 1. The van der Waals surface area contributed by atoms with Crippen LogP contribution < -0.4 is 15.0 Å². The van der Waals surface area contributed by atoms with Crippen molar-refractivity contribution in [3.05, 3.63) is 88.9 Å². The smallest absolute Gasteiger partial charge is 0.414 e. The molecular formula is C23H21BrFN3O4. The zero-order chi connectivity index (χ0) is 22.8. The van der Waals surface area contributed by atoms with E-state index in [0.717, 1.165) is 0 Å². The van der Waals surface area contributed by atoms with E-state index >= 15 is 0 Å². The third kappa shape index (κ3) is 7.05. The molecule has 0 aliphatic rings. The fourth-order valence-electron chi connectivity index (χ4n) is 2.75. The molecule has 0 bridgehead atoms. The van der Waals surface area contributed by atoms with Crippen LogP contribution in [0.1, 0.15) is 10.4 Å². The summed E-state index contributed by atoms with van der Waals surface area (Å²) in [7, 11) is 0. The van der Waals surface area contributed by atoms with Crippen molar-refractivity contribution in [3.8, 4) is 5.75 Å². The van der Waals surface area contributed by atoms with Crippen molar-refractivity contribution in [2.24, 2.45) is 0 Å². The van der Waals surface area contributed by atoms with E-state index in [1.54, 1.807) is 36.5 Å². The Bertz CT molecular complexity index is 1030. The highest BCUT2D eigenvalue weighted by molar-refractivity contribution is 9.10. The van der Waals surface area contributed by atoms with Gasteiger partial charge >= 0.3 is 6.09 Å². The highest BCUT2D eigenvalue weighted by Crippen LogP contribution is 2.15. The Labute approximate surface area is 193 Å². The van der Waals surface area contributed by atoms with Crippen LogP contribution in [0.3, 0.4) is 0 Å². The molecule has 0 aliphatic heterocycles. The Balaban J connectivity index is 1.52. The van der Waals surface area contributed by atoms with Gasteiger partial charge in [-0.05, 0) is 58.4 Å². The van der Waals surface area contributed by atoms with Crippen LogP contribution in [0.5, 0.6) is 5.75 Å². The summed E-state index contributed by atoms with van der Waals surface area (Å²) in [4.78, 5) is 30.4. The fraction of sp³-hybridized carbons (Fsp3) is 0.174. The van der Waals surface area contributed by atoms with E-state index in [1.807, 2.05) is 6.07 Å². The molecule has 0 unspecified atom stereocenters. The number of aromatic nitrogens is 1. The summed E-state index contributed by atoms with van der Waals surface area (Å²) in [5.41, 5.74) is 1.04. The lowest BCUT2D eigenvalue weighted by Gasteiger charge is -2.22. The Morgan fingerprint density at radius 3 is 2.50 bits per heavy atom. The number of carbonyl (C=O) groups excluding carboxylic acids is 2. The molecule has 9 heteroatoms. The average Bonchev–Trinajstić information content (AvgIpc) is 2.81. The minimum Gasteiger partial charge on any atom is -0.490 e. The van der Waals surface area contributed by atoms with Gasteiger partial charge in [-0.1, -0.05) is 18.2 Å². The topological polar surface area (TPSA) is 80.8 Å². The first-order valence-electron chi connectivity index (χ1n) is 9.79. The van der Waals surface area contributed by atoms with Crippen molar-refractivity contribution < 1.29 is 23.5 Å². The van der Waals surface area contributed by atoms with Gasteiger partial charge in [0.2, 0.25) is 0 Å². The molecule has 3 aromatic rings. The zero-order valence-electron chi connectivity index (χ0n) is 17.0. The zero-order valence-corrected chi connectivity index (χ0v) is 18.6. The summed E-state index contributed by atoms with van der Waals surface area (Å²) in [5.74, 6) is -0.175. The quantitative estimate of drug-likeness (QED) is 0.438. The normalized spacial score (nSPS) is 10.3. The molecule has 2 aromatic carbocycles. The lowest BCUT2D eigenvalue weighted by Crippen LogP contribution is -2.39. The van der Waals surface area contributed by atoms with Gasteiger partial charge in [-0.25, -0.2) is 9.18 Å². The Morgan fingerprint density at radius 1 is 1.03 bits per heavy atom. The predicted molar refractivity (Wildman–Crippen MR) is 121 cm³/mol. The van der Waals surface area contributed by atoms with Crippen LogP contribution in [0.25, 0.3) is 0 Å². The molecule has 7 nitrogen and oxygen atoms in total. The number of hydrogen-bond acceptors (Lipinski definition) is 5. The number of nitrogens with zero attached hydrogens (tertiary/aromatic N) is 2. The predicted octanol–water partition coefficient (Wildman–Crippen LogP) is 4.44. The maximum atomic E-state index is 12.9. The molecule has 0 aliphatic carbocycles. The van der Waals surface area contributed by atoms with Crippen molar-refractivity contribution in [3.63, 3.8) is 0 Å². The van der Waals surface area contributed by atoms with E-state index < -0.39 is 6.09 Å². The lowest BCUT2D eigenvalue weighted by molar-refractivity contribution is 0.0952. The van der Waals surface area contributed by atoms with Gasteiger partial charge in [0.1, 0.15) is 24.8 Å². The molecule has 0 fully saturated rings. The van der Waals surface area contributed by atoms with Gasteiger partial charge in [0, 0.05) is 35.6 Å². The molecule has 0 radical (unpaired) electrons. The molecule has 32 heavy (non-hydrogen) atoms. The SMILES string of the molecule is O=C(NCCN(C(=O)OCCOc1ccc(F)cc1)c1ccccc1)c1cncc(Br)c1. The molecule has 1 heterocycles. The third-order valence-electron chi connectivity index (χ3n) is 4.27. The molecule has 3 rings (SSSR count). The van der Waals surface area contributed by atoms with Crippen LogP contribution in [0.4, 0.5) is 14.9 Å². The molecule has 166 valence electrons. The minimum atomic E-state index is -0.572. The Morgan fingerprint density at radius 2 is 1.78 bits per heavy atom. The second kappa shape index (κ2) is 11.8. The summed E-state index contributed by atoms with van der Waals surface area (Å²) in [6.45, 7) is 0.540. The van der Waals surface area contributed by atoms with Crippen molar-refractivity contribution >= 4 is 33.6 Å². The number of anilines is 1. The van der Waals surface area contributed by atoms with Gasteiger partial charge in [0.25, 0.3) is 5.91 Å². The molecule has 2 amide bonds. The lowest BCUT2D eigenvalue weighted by atomic mass is 10.2. The second-order valence-corrected chi connectivity index (χ2v) is 7.47. The Hall–Kier alpha value is -3.46. The first-order valence-corrected chi connectivity index (χ1v) is 10.6. The van der Waals surface area contributed by atoms with E-state index in [9.17, 15) is 14.0 Å². The van der Waals surface area contributed by atoms with Crippen LogP contribution >= 0.6 is 15.9 Å². The minimum absolute atomic E-state index is 0.00954. The van der Waals surface area contributed by atoms with Crippen molar-refractivity contribution in [1.82, 2.24) is 10.3 Å². The maximum Gasteiger partial charge on any atom is 0.414 e. The van der Waals surface area contributed by atoms with Gasteiger partial charge in [0.15, 0.2) is 0 Å². The molecule has 1 aromatic heterocycles. The van der Waals surface area contributed by atoms with Gasteiger partial charge in [-0.2, -0.15) is 0 Å². The Kier molecular flexibility index (Phi) is 8.56. The van der Waals surface area contributed by atoms with E-state index in [2.05, 4.69) is 26.2 Å². The van der Waals surface area contributed by atoms with Crippen LogP contribution in [0.2, 0.25) is 0 Å². The summed E-state index contributed by atoms with van der Waals surface area (Å²) in [6, 6.07) is 16.2. The largest absolute Gasteiger partial charge is 0.490 e. The van der Waals surface area contributed by atoms with Crippen LogP contribution in [-0.4, -0.2) is 43.3 Å². The highest BCUT2D eigenvalue weighted by Gasteiger charge is 2.17. The molecular weight excluding hydrogens is 481 g/mol. The second-order valence-electron chi connectivity index (χ2n) is 6.55. The number of rotatable bonds is 9. The van der Waals surface area contributed by atoms with Gasteiger partial charge in [-0.3, -0.25) is 14.7 Å². The molecule has 0 spiro atoms. The van der Waals surface area contributed by atoms with E-state index in [1.165, 1.54) is 35.4 Å². The average molecular weight is 502 g/mol. The van der Waals surface area contributed by atoms with E-state index in [4.69, 9.17) is 9.47 Å². The summed E-state index contributed by atoms with van der Waals surface area (Å²) >= 11 is 3.28. The third-order valence-corrected chi connectivity index (χ3v) is 4.70. The van der Waals surface area contributed by atoms with Gasteiger partial charge < -0.3 is 14.8 Å². The van der Waals surface area contributed by atoms with Crippen molar-refractivity contribution in [2.45, 2.75) is 0 Å². The summed E-state index contributed by atoms with van der Waals surface area (Å²) in [5, 5.41) is 2.77. The highest BCUT2D eigenvalue weighted by atomic mass is 79.9. The van der Waals surface area contributed by atoms with Gasteiger partial charge in [0.05, 0.1) is 5.56 Å². The number of carbonyl (C=O) groups is 2. The van der Waals surface area contributed by atoms with E-state index in [0.29, 0.717) is 21.5 Å². The van der Waals surface area contributed by atoms with Crippen molar-refractivity contribution in [2.75, 3.05) is 31.2 Å². The molecule has 0 saturated carbocycles. The standard InChI is InChI=1S/C23H21BrFN3O4/c24-18-14-17(15-26-16-18)22(29)27-10-11-28(20-4-2-1-3-5-20)23(30)32-13-12-31-21-8-6-19(25)7-9-21/h1-9,14-16H,10-13H2,(H,27,29). The first-order chi connectivity index (χ1) is 15.5. The number of amides is 2.